The minimum Gasteiger partial charge on any atom is -0.463 e. The van der Waals surface area contributed by atoms with E-state index < -0.39 is 0 Å². The molecule has 0 saturated heterocycles. The fourth-order valence-corrected chi connectivity index (χ4v) is 7.69. The zero-order valence-electron chi connectivity index (χ0n) is 17.5. The lowest BCUT2D eigenvalue weighted by Crippen LogP contribution is -2.57. The van der Waals surface area contributed by atoms with Gasteiger partial charge in [0.25, 0.3) is 0 Å². The highest BCUT2D eigenvalue weighted by atomic mass is 16.5. The van der Waals surface area contributed by atoms with Crippen LogP contribution in [0.15, 0.2) is 0 Å². The molecule has 5 nitrogen and oxygen atoms in total. The molecule has 0 heterocycles. The molecule has 4 aliphatic carbocycles. The number of hydrogen-bond donors (Lipinski definition) is 0. The number of fused-ring (bicyclic) bond motifs is 5. The van der Waals surface area contributed by atoms with E-state index in [9.17, 15) is 19.2 Å². The Bertz CT molecular complexity index is 741. The van der Waals surface area contributed by atoms with Crippen molar-refractivity contribution < 1.29 is 23.9 Å². The molecule has 1 unspecified atom stereocenters. The van der Waals surface area contributed by atoms with Crippen molar-refractivity contribution >= 4 is 23.3 Å². The van der Waals surface area contributed by atoms with Crippen LogP contribution in [0.2, 0.25) is 0 Å². The molecule has 0 aromatic heterocycles. The monoisotopic (exact) mass is 388 g/mol. The summed E-state index contributed by atoms with van der Waals surface area (Å²) in [6.07, 6.45) is 4.79. The second-order valence-corrected chi connectivity index (χ2v) is 10.3. The number of ether oxygens (including phenoxy) is 1. The summed E-state index contributed by atoms with van der Waals surface area (Å²) in [6, 6.07) is 0. The fourth-order valence-electron chi connectivity index (χ4n) is 7.69. The number of hydrogen-bond acceptors (Lipinski definition) is 5. The average Bonchev–Trinajstić information content (AvgIpc) is 2.90. The number of ketones is 3. The Labute approximate surface area is 167 Å². The summed E-state index contributed by atoms with van der Waals surface area (Å²) in [6.45, 7) is 7.67. The van der Waals surface area contributed by atoms with Crippen LogP contribution < -0.4 is 0 Å². The second kappa shape index (κ2) is 6.50. The van der Waals surface area contributed by atoms with Crippen LogP contribution in [0.1, 0.15) is 72.6 Å². The van der Waals surface area contributed by atoms with E-state index in [0.717, 1.165) is 32.1 Å². The maximum absolute atomic E-state index is 13.0. The predicted molar refractivity (Wildman–Crippen MR) is 102 cm³/mol. The van der Waals surface area contributed by atoms with Gasteiger partial charge in [-0.1, -0.05) is 13.8 Å². The van der Waals surface area contributed by atoms with Crippen molar-refractivity contribution in [1.82, 2.24) is 0 Å². The molecule has 0 spiro atoms. The van der Waals surface area contributed by atoms with Crippen molar-refractivity contribution in [3.63, 3.8) is 0 Å². The number of rotatable bonds is 2. The smallest absolute Gasteiger partial charge is 0.302 e. The van der Waals surface area contributed by atoms with Gasteiger partial charge in [-0.3, -0.25) is 19.2 Å². The molecule has 4 fully saturated rings. The van der Waals surface area contributed by atoms with Crippen LogP contribution in [0.4, 0.5) is 0 Å². The van der Waals surface area contributed by atoms with E-state index in [-0.39, 0.29) is 52.2 Å². The van der Waals surface area contributed by atoms with Crippen LogP contribution in [0.25, 0.3) is 0 Å². The Morgan fingerprint density at radius 2 is 1.82 bits per heavy atom. The molecular weight excluding hydrogens is 356 g/mol. The summed E-state index contributed by atoms with van der Waals surface area (Å²) in [5.41, 5.74) is -0.492. The number of carbonyl (C=O) groups is 4. The fraction of sp³-hybridized carbons (Fsp3) is 0.826. The van der Waals surface area contributed by atoms with Crippen molar-refractivity contribution in [3.8, 4) is 0 Å². The van der Waals surface area contributed by atoms with Crippen molar-refractivity contribution in [3.05, 3.63) is 0 Å². The Balaban J connectivity index is 1.68. The Morgan fingerprint density at radius 3 is 2.50 bits per heavy atom. The first-order valence-corrected chi connectivity index (χ1v) is 10.9. The zero-order valence-corrected chi connectivity index (χ0v) is 17.5. The molecule has 0 aromatic rings. The van der Waals surface area contributed by atoms with Crippen molar-refractivity contribution in [2.75, 3.05) is 0 Å². The highest BCUT2D eigenvalue weighted by Gasteiger charge is 2.64. The molecule has 0 aliphatic heterocycles. The molecule has 4 aliphatic rings. The van der Waals surface area contributed by atoms with Crippen LogP contribution >= 0.6 is 0 Å². The third-order valence-electron chi connectivity index (χ3n) is 9.08. The third kappa shape index (κ3) is 2.64. The van der Waals surface area contributed by atoms with Gasteiger partial charge >= 0.3 is 5.97 Å². The van der Waals surface area contributed by atoms with Gasteiger partial charge in [-0.05, 0) is 62.2 Å². The average molecular weight is 389 g/mol. The number of Topliss-reactive ketones (excluding diaryl/α,β-unsaturated/α-hetero) is 3. The van der Waals surface area contributed by atoms with Gasteiger partial charge in [0, 0.05) is 37.0 Å². The van der Waals surface area contributed by atoms with Gasteiger partial charge in [0.2, 0.25) is 5.78 Å². The summed E-state index contributed by atoms with van der Waals surface area (Å²) in [7, 11) is 0. The summed E-state index contributed by atoms with van der Waals surface area (Å²) in [5, 5.41) is 0. The zero-order chi connectivity index (χ0) is 20.4. The number of esters is 1. The van der Waals surface area contributed by atoms with Crippen LogP contribution in [0, 0.1) is 40.4 Å². The second-order valence-electron chi connectivity index (χ2n) is 10.3. The van der Waals surface area contributed by atoms with Crippen LogP contribution in [-0.4, -0.2) is 29.4 Å². The van der Waals surface area contributed by atoms with Crippen LogP contribution in [0.3, 0.4) is 0 Å². The molecule has 0 bridgehead atoms. The Hall–Kier alpha value is -1.52. The van der Waals surface area contributed by atoms with Gasteiger partial charge in [-0.2, -0.15) is 0 Å². The lowest BCUT2D eigenvalue weighted by atomic mass is 9.44. The normalized spacial score (nSPS) is 46.4. The van der Waals surface area contributed by atoms with E-state index in [2.05, 4.69) is 13.8 Å². The van der Waals surface area contributed by atoms with E-state index in [0.29, 0.717) is 30.5 Å². The molecule has 28 heavy (non-hydrogen) atoms. The number of carbonyl (C=O) groups excluding carboxylic acids is 4. The molecule has 0 amide bonds. The van der Waals surface area contributed by atoms with Crippen molar-refractivity contribution in [1.29, 1.82) is 0 Å². The SMILES string of the molecule is CC(=O)O[C@@H](C)[C@@H]1CC(=O)[C@@]2(C)CC[C@H]3[C@@H](CCC4C(=O)C(=O)CC[C@@]43C)[C@H]12. The summed E-state index contributed by atoms with van der Waals surface area (Å²) in [5.74, 6) is 0.464. The van der Waals surface area contributed by atoms with Crippen molar-refractivity contribution in [2.45, 2.75) is 78.7 Å². The van der Waals surface area contributed by atoms with E-state index in [1.165, 1.54) is 6.92 Å². The molecule has 8 atom stereocenters. The Kier molecular flexibility index (Phi) is 4.59. The largest absolute Gasteiger partial charge is 0.463 e. The molecule has 0 aromatic carbocycles. The molecular formula is C23H32O5. The van der Waals surface area contributed by atoms with E-state index >= 15 is 0 Å². The maximum atomic E-state index is 13.0. The molecule has 4 saturated carbocycles. The minimum atomic E-state index is -0.349. The molecule has 154 valence electrons. The van der Waals surface area contributed by atoms with E-state index in [1.807, 2.05) is 6.92 Å². The van der Waals surface area contributed by atoms with Gasteiger partial charge in [-0.15, -0.1) is 0 Å². The molecule has 0 N–H and O–H groups in total. The first-order chi connectivity index (χ1) is 13.1. The van der Waals surface area contributed by atoms with E-state index in [4.69, 9.17) is 4.74 Å². The summed E-state index contributed by atoms with van der Waals surface area (Å²) in [4.78, 5) is 49.2. The van der Waals surface area contributed by atoms with Gasteiger partial charge < -0.3 is 4.74 Å². The first-order valence-electron chi connectivity index (χ1n) is 10.9. The third-order valence-corrected chi connectivity index (χ3v) is 9.08. The summed E-state index contributed by atoms with van der Waals surface area (Å²) >= 11 is 0. The van der Waals surface area contributed by atoms with Crippen LogP contribution in [-0.2, 0) is 23.9 Å². The maximum Gasteiger partial charge on any atom is 0.302 e. The topological polar surface area (TPSA) is 77.5 Å². The minimum absolute atomic E-state index is 0.0512. The first kappa shape index (κ1) is 19.8. The Morgan fingerprint density at radius 1 is 1.11 bits per heavy atom. The lowest BCUT2D eigenvalue weighted by molar-refractivity contribution is -0.164. The highest BCUT2D eigenvalue weighted by Crippen LogP contribution is 2.66. The van der Waals surface area contributed by atoms with E-state index in [1.54, 1.807) is 0 Å². The quantitative estimate of drug-likeness (QED) is 0.534. The molecule has 4 rings (SSSR count). The molecule has 0 radical (unpaired) electrons. The lowest BCUT2D eigenvalue weighted by Gasteiger charge is -2.59. The van der Waals surface area contributed by atoms with Gasteiger partial charge in [-0.25, -0.2) is 0 Å². The van der Waals surface area contributed by atoms with Crippen LogP contribution in [0.5, 0.6) is 0 Å². The van der Waals surface area contributed by atoms with Gasteiger partial charge in [0.05, 0.1) is 0 Å². The van der Waals surface area contributed by atoms with Gasteiger partial charge in [0.15, 0.2) is 5.78 Å². The van der Waals surface area contributed by atoms with Crippen molar-refractivity contribution in [2.24, 2.45) is 40.4 Å². The summed E-state index contributed by atoms with van der Waals surface area (Å²) < 4.78 is 5.53. The standard InChI is InChI=1S/C23H32O5/c1-12(28-13(2)24)15-11-19(26)23(4)9-7-16-14(20(15)23)5-6-17-21(27)18(25)8-10-22(16,17)3/h12,14-17,20H,5-11H2,1-4H3/t12-,14+,15-,16-,17?,20+,22+,23+/m0/s1. The molecule has 5 heteroatoms. The highest BCUT2D eigenvalue weighted by molar-refractivity contribution is 6.38. The van der Waals surface area contributed by atoms with Gasteiger partial charge in [0.1, 0.15) is 11.9 Å². The predicted octanol–water partition coefficient (Wildman–Crippen LogP) is 3.52.